The van der Waals surface area contributed by atoms with Crippen molar-refractivity contribution in [2.24, 2.45) is 11.8 Å². The second-order valence-corrected chi connectivity index (χ2v) is 6.08. The van der Waals surface area contributed by atoms with E-state index in [4.69, 9.17) is 10.5 Å². The molecule has 0 heterocycles. The summed E-state index contributed by atoms with van der Waals surface area (Å²) in [7, 11) is 0. The van der Waals surface area contributed by atoms with Gasteiger partial charge in [-0.15, -0.1) is 0 Å². The summed E-state index contributed by atoms with van der Waals surface area (Å²) >= 11 is 0. The summed E-state index contributed by atoms with van der Waals surface area (Å²) in [6, 6.07) is 6.54. The van der Waals surface area contributed by atoms with Crippen molar-refractivity contribution in [2.45, 2.75) is 52.7 Å². The highest BCUT2D eigenvalue weighted by Gasteiger charge is 2.29. The Kier molecular flexibility index (Phi) is 4.23. The fourth-order valence-corrected chi connectivity index (χ4v) is 2.76. The largest absolute Gasteiger partial charge is 0.489 e. The fourth-order valence-electron chi connectivity index (χ4n) is 2.76. The van der Waals surface area contributed by atoms with Crippen LogP contribution >= 0.6 is 0 Å². The highest BCUT2D eigenvalue weighted by atomic mass is 16.5. The third-order valence-corrected chi connectivity index (χ3v) is 4.19. The number of nitrogen functional groups attached to an aromatic ring is 1. The number of hydrogen-bond donors (Lipinski definition) is 2. The third-order valence-electron chi connectivity index (χ3n) is 4.19. The zero-order valence-electron chi connectivity index (χ0n) is 12.4. The van der Waals surface area contributed by atoms with Gasteiger partial charge < -0.3 is 15.8 Å². The van der Waals surface area contributed by atoms with Crippen LogP contribution in [0.2, 0.25) is 0 Å². The van der Waals surface area contributed by atoms with Gasteiger partial charge in [-0.1, -0.05) is 13.8 Å². The van der Waals surface area contributed by atoms with Crippen LogP contribution < -0.4 is 15.8 Å². The Morgan fingerprint density at radius 2 is 2.00 bits per heavy atom. The number of hydrogen-bond acceptors (Lipinski definition) is 3. The average Bonchev–Trinajstić information content (AvgIpc) is 2.65. The highest BCUT2D eigenvalue weighted by Crippen LogP contribution is 2.34. The first-order valence-electron chi connectivity index (χ1n) is 7.30. The van der Waals surface area contributed by atoms with Gasteiger partial charge in [0.2, 0.25) is 0 Å². The van der Waals surface area contributed by atoms with Crippen molar-refractivity contribution < 1.29 is 4.74 Å². The molecular formula is C16H26N2O. The lowest BCUT2D eigenvalue weighted by Gasteiger charge is -2.22. The molecule has 3 heteroatoms. The van der Waals surface area contributed by atoms with Gasteiger partial charge in [-0.25, -0.2) is 0 Å². The standard InChI is InChI=1S/C16H26N2O/c1-10(2)19-16-9-13(6-7-14(16)17)18-15-8-5-11(3)12(15)4/h6-7,9-12,15,18H,5,8,17H2,1-4H3. The Morgan fingerprint density at radius 1 is 1.26 bits per heavy atom. The van der Waals surface area contributed by atoms with E-state index in [9.17, 15) is 0 Å². The van der Waals surface area contributed by atoms with Crippen LogP contribution in [0.1, 0.15) is 40.5 Å². The molecule has 0 radical (unpaired) electrons. The maximum Gasteiger partial charge on any atom is 0.144 e. The Balaban J connectivity index is 2.08. The molecule has 1 aromatic carbocycles. The minimum atomic E-state index is 0.142. The van der Waals surface area contributed by atoms with Gasteiger partial charge in [0.05, 0.1) is 11.8 Å². The summed E-state index contributed by atoms with van der Waals surface area (Å²) < 4.78 is 5.73. The Hall–Kier alpha value is -1.38. The van der Waals surface area contributed by atoms with E-state index in [1.165, 1.54) is 12.8 Å². The van der Waals surface area contributed by atoms with E-state index in [0.29, 0.717) is 17.6 Å². The van der Waals surface area contributed by atoms with Gasteiger partial charge in [-0.05, 0) is 50.7 Å². The molecule has 0 aliphatic heterocycles. The van der Waals surface area contributed by atoms with Gasteiger partial charge in [0.1, 0.15) is 5.75 Å². The van der Waals surface area contributed by atoms with E-state index >= 15 is 0 Å². The lowest BCUT2D eigenvalue weighted by atomic mass is 9.97. The molecule has 19 heavy (non-hydrogen) atoms. The molecule has 1 fully saturated rings. The zero-order chi connectivity index (χ0) is 14.0. The molecule has 0 bridgehead atoms. The topological polar surface area (TPSA) is 47.3 Å². The van der Waals surface area contributed by atoms with Crippen LogP contribution in [-0.2, 0) is 0 Å². The van der Waals surface area contributed by atoms with Gasteiger partial charge in [-0.3, -0.25) is 0 Å². The first-order chi connectivity index (χ1) is 8.97. The predicted octanol–water partition coefficient (Wildman–Crippen LogP) is 3.90. The van der Waals surface area contributed by atoms with Crippen molar-refractivity contribution in [3.63, 3.8) is 0 Å². The molecule has 3 unspecified atom stereocenters. The predicted molar refractivity (Wildman–Crippen MR) is 81.6 cm³/mol. The fraction of sp³-hybridized carbons (Fsp3) is 0.625. The molecule has 0 amide bonds. The molecule has 2 rings (SSSR count). The molecule has 3 nitrogen and oxygen atoms in total. The van der Waals surface area contributed by atoms with Crippen molar-refractivity contribution in [3.8, 4) is 5.75 Å². The van der Waals surface area contributed by atoms with Crippen LogP contribution in [0.5, 0.6) is 5.75 Å². The Bertz CT molecular complexity index is 431. The Morgan fingerprint density at radius 3 is 2.58 bits per heavy atom. The number of anilines is 2. The second kappa shape index (κ2) is 5.72. The van der Waals surface area contributed by atoms with Crippen LogP contribution in [0.3, 0.4) is 0 Å². The number of benzene rings is 1. The van der Waals surface area contributed by atoms with Crippen LogP contribution in [-0.4, -0.2) is 12.1 Å². The minimum Gasteiger partial charge on any atom is -0.489 e. The van der Waals surface area contributed by atoms with E-state index in [0.717, 1.165) is 17.4 Å². The smallest absolute Gasteiger partial charge is 0.144 e. The number of ether oxygens (including phenoxy) is 1. The summed E-state index contributed by atoms with van der Waals surface area (Å²) in [6.07, 6.45) is 2.69. The molecule has 0 aromatic heterocycles. The monoisotopic (exact) mass is 262 g/mol. The third kappa shape index (κ3) is 3.34. The lowest BCUT2D eigenvalue weighted by Crippen LogP contribution is -2.24. The van der Waals surface area contributed by atoms with Crippen molar-refractivity contribution >= 4 is 11.4 Å². The van der Waals surface area contributed by atoms with Gasteiger partial charge in [-0.2, -0.15) is 0 Å². The molecule has 1 aliphatic rings. The summed E-state index contributed by atoms with van der Waals surface area (Å²) in [5.41, 5.74) is 7.75. The van der Waals surface area contributed by atoms with E-state index in [2.05, 4.69) is 19.2 Å². The van der Waals surface area contributed by atoms with Crippen molar-refractivity contribution in [3.05, 3.63) is 18.2 Å². The first kappa shape index (κ1) is 14.0. The maximum atomic E-state index is 5.94. The molecular weight excluding hydrogens is 236 g/mol. The van der Waals surface area contributed by atoms with Gasteiger partial charge in [0.25, 0.3) is 0 Å². The summed E-state index contributed by atoms with van der Waals surface area (Å²) in [4.78, 5) is 0. The molecule has 3 atom stereocenters. The minimum absolute atomic E-state index is 0.142. The average molecular weight is 262 g/mol. The van der Waals surface area contributed by atoms with Crippen LogP contribution in [0, 0.1) is 11.8 Å². The first-order valence-corrected chi connectivity index (χ1v) is 7.30. The normalized spacial score (nSPS) is 26.7. The summed E-state index contributed by atoms with van der Waals surface area (Å²) in [5, 5.41) is 3.63. The van der Waals surface area contributed by atoms with Gasteiger partial charge >= 0.3 is 0 Å². The summed E-state index contributed by atoms with van der Waals surface area (Å²) in [6.45, 7) is 8.70. The quantitative estimate of drug-likeness (QED) is 0.809. The molecule has 0 saturated heterocycles. The second-order valence-electron chi connectivity index (χ2n) is 6.08. The van der Waals surface area contributed by atoms with Crippen LogP contribution in [0.15, 0.2) is 18.2 Å². The number of rotatable bonds is 4. The SMILES string of the molecule is CC(C)Oc1cc(NC2CCC(C)C2C)ccc1N. The molecule has 0 spiro atoms. The highest BCUT2D eigenvalue weighted by molar-refractivity contribution is 5.61. The molecule has 1 aliphatic carbocycles. The molecule has 106 valence electrons. The van der Waals surface area contributed by atoms with Crippen LogP contribution in [0.25, 0.3) is 0 Å². The van der Waals surface area contributed by atoms with Gasteiger partial charge in [0, 0.05) is 17.8 Å². The lowest BCUT2D eigenvalue weighted by molar-refractivity contribution is 0.244. The number of nitrogens with one attached hydrogen (secondary N) is 1. The van der Waals surface area contributed by atoms with E-state index in [-0.39, 0.29) is 6.10 Å². The van der Waals surface area contributed by atoms with E-state index in [1.807, 2.05) is 32.0 Å². The van der Waals surface area contributed by atoms with Gasteiger partial charge in [0.15, 0.2) is 0 Å². The van der Waals surface area contributed by atoms with Crippen LogP contribution in [0.4, 0.5) is 11.4 Å². The maximum absolute atomic E-state index is 5.94. The summed E-state index contributed by atoms with van der Waals surface area (Å²) in [5.74, 6) is 2.29. The van der Waals surface area contributed by atoms with Crippen molar-refractivity contribution in [1.82, 2.24) is 0 Å². The molecule has 1 aromatic rings. The Labute approximate surface area is 116 Å². The number of nitrogens with two attached hydrogens (primary N) is 1. The van der Waals surface area contributed by atoms with Crippen molar-refractivity contribution in [2.75, 3.05) is 11.1 Å². The van der Waals surface area contributed by atoms with E-state index < -0.39 is 0 Å². The van der Waals surface area contributed by atoms with E-state index in [1.54, 1.807) is 0 Å². The molecule has 3 N–H and O–H groups in total. The molecule has 1 saturated carbocycles. The van der Waals surface area contributed by atoms with Crippen molar-refractivity contribution in [1.29, 1.82) is 0 Å². The zero-order valence-corrected chi connectivity index (χ0v) is 12.4.